The maximum Gasteiger partial charge on any atom is 0.320 e. The molecule has 0 bridgehead atoms. The van der Waals surface area contributed by atoms with Crippen molar-refractivity contribution in [3.63, 3.8) is 0 Å². The molecule has 0 saturated carbocycles. The number of fused-ring (bicyclic) bond motifs is 1. The highest BCUT2D eigenvalue weighted by Gasteiger charge is 2.24. The molecule has 4 rings (SSSR count). The third-order valence-electron chi connectivity index (χ3n) is 5.63. The van der Waals surface area contributed by atoms with Gasteiger partial charge in [0.1, 0.15) is 11.6 Å². The average Bonchev–Trinajstić information content (AvgIpc) is 2.83. The lowest BCUT2D eigenvalue weighted by Gasteiger charge is -2.34. The summed E-state index contributed by atoms with van der Waals surface area (Å²) in [6.07, 6.45) is 1.97. The smallest absolute Gasteiger partial charge is 0.320 e. The summed E-state index contributed by atoms with van der Waals surface area (Å²) >= 11 is 0. The molecule has 1 N–H and O–H groups in total. The van der Waals surface area contributed by atoms with Gasteiger partial charge in [0.05, 0.1) is 50.7 Å². The van der Waals surface area contributed by atoms with E-state index in [-0.39, 0.29) is 12.6 Å². The molecule has 0 aliphatic carbocycles. The minimum Gasteiger partial charge on any atom is -0.496 e. The number of pyridine rings is 1. The molecule has 1 saturated heterocycles. The molecule has 0 spiro atoms. The molecule has 170 valence electrons. The Labute approximate surface area is 188 Å². The molecule has 3 aromatic rings. The van der Waals surface area contributed by atoms with Crippen molar-refractivity contribution in [2.45, 2.75) is 39.3 Å². The Morgan fingerprint density at radius 3 is 2.81 bits per heavy atom. The van der Waals surface area contributed by atoms with E-state index in [0.29, 0.717) is 42.8 Å². The molecule has 0 amide bonds. The zero-order valence-corrected chi connectivity index (χ0v) is 18.9. The van der Waals surface area contributed by atoms with E-state index in [1.54, 1.807) is 7.11 Å². The number of aromatic nitrogens is 3. The van der Waals surface area contributed by atoms with Crippen molar-refractivity contribution in [2.24, 2.45) is 0 Å². The van der Waals surface area contributed by atoms with E-state index in [2.05, 4.69) is 23.7 Å². The number of morpholine rings is 1. The number of methoxy groups -OCH3 is 1. The second-order valence-corrected chi connectivity index (χ2v) is 7.90. The highest BCUT2D eigenvalue weighted by molar-refractivity contribution is 5.89. The summed E-state index contributed by atoms with van der Waals surface area (Å²) < 4.78 is 16.8. The Morgan fingerprint density at radius 1 is 1.19 bits per heavy atom. The summed E-state index contributed by atoms with van der Waals surface area (Å²) in [5.74, 6) is 1.47. The predicted molar refractivity (Wildman–Crippen MR) is 123 cm³/mol. The molecular weight excluding hydrogens is 408 g/mol. The third kappa shape index (κ3) is 4.61. The number of rotatable bonds is 8. The van der Waals surface area contributed by atoms with Crippen LogP contribution >= 0.6 is 0 Å². The fourth-order valence-electron chi connectivity index (χ4n) is 3.83. The van der Waals surface area contributed by atoms with Gasteiger partial charge in [-0.2, -0.15) is 9.97 Å². The van der Waals surface area contributed by atoms with Crippen molar-refractivity contribution >= 4 is 16.9 Å². The molecule has 1 atom stereocenters. The zero-order chi connectivity index (χ0) is 22.5. The molecule has 1 aromatic carbocycles. The van der Waals surface area contributed by atoms with Crippen LogP contribution in [0, 0.1) is 0 Å². The predicted octanol–water partition coefficient (Wildman–Crippen LogP) is 3.60. The summed E-state index contributed by atoms with van der Waals surface area (Å²) in [7, 11) is 1.59. The fraction of sp³-hybridized carbons (Fsp3) is 0.458. The van der Waals surface area contributed by atoms with Crippen LogP contribution in [0.25, 0.3) is 22.3 Å². The molecule has 0 unspecified atom stereocenters. The number of unbranched alkanes of at least 4 members (excludes halogenated alkanes) is 1. The summed E-state index contributed by atoms with van der Waals surface area (Å²) in [6.45, 7) is 6.76. The van der Waals surface area contributed by atoms with Crippen LogP contribution in [0.4, 0.5) is 5.82 Å². The van der Waals surface area contributed by atoms with E-state index >= 15 is 0 Å². The average molecular weight is 439 g/mol. The van der Waals surface area contributed by atoms with Gasteiger partial charge >= 0.3 is 6.01 Å². The highest BCUT2D eigenvalue weighted by Crippen LogP contribution is 2.31. The van der Waals surface area contributed by atoms with Crippen LogP contribution in [-0.2, 0) is 11.3 Å². The van der Waals surface area contributed by atoms with Gasteiger partial charge in [-0.1, -0.05) is 13.3 Å². The lowest BCUT2D eigenvalue weighted by molar-refractivity contribution is 0.0986. The van der Waals surface area contributed by atoms with Crippen molar-refractivity contribution in [1.29, 1.82) is 0 Å². The van der Waals surface area contributed by atoms with Gasteiger partial charge < -0.3 is 24.2 Å². The molecule has 1 aliphatic heterocycles. The van der Waals surface area contributed by atoms with E-state index in [9.17, 15) is 5.11 Å². The second-order valence-electron chi connectivity index (χ2n) is 7.90. The first-order valence-electron chi connectivity index (χ1n) is 11.1. The van der Waals surface area contributed by atoms with Gasteiger partial charge in [-0.3, -0.25) is 0 Å². The summed E-state index contributed by atoms with van der Waals surface area (Å²) in [4.78, 5) is 16.4. The Morgan fingerprint density at radius 2 is 2.06 bits per heavy atom. The van der Waals surface area contributed by atoms with Crippen molar-refractivity contribution in [3.8, 4) is 23.0 Å². The van der Waals surface area contributed by atoms with Crippen LogP contribution in [0.1, 0.15) is 32.3 Å². The number of nitrogens with zero attached hydrogens (tertiary/aromatic N) is 4. The first-order valence-corrected chi connectivity index (χ1v) is 11.1. The van der Waals surface area contributed by atoms with Gasteiger partial charge in [0.15, 0.2) is 5.65 Å². The minimum atomic E-state index is -0.110. The molecule has 32 heavy (non-hydrogen) atoms. The first kappa shape index (κ1) is 22.2. The molecule has 1 fully saturated rings. The molecular formula is C24H30N4O4. The Hall–Kier alpha value is -2.97. The van der Waals surface area contributed by atoms with Crippen molar-refractivity contribution in [1.82, 2.24) is 15.0 Å². The Bertz CT molecular complexity index is 1080. The Kier molecular flexibility index (Phi) is 7.02. The van der Waals surface area contributed by atoms with Gasteiger partial charge in [0.2, 0.25) is 0 Å². The van der Waals surface area contributed by atoms with E-state index in [1.165, 1.54) is 0 Å². The monoisotopic (exact) mass is 438 g/mol. The number of benzene rings is 1. The number of aliphatic hydroxyl groups is 1. The fourth-order valence-corrected chi connectivity index (χ4v) is 3.83. The maximum absolute atomic E-state index is 9.68. The van der Waals surface area contributed by atoms with Gasteiger partial charge in [-0.15, -0.1) is 0 Å². The zero-order valence-electron chi connectivity index (χ0n) is 18.9. The van der Waals surface area contributed by atoms with Crippen molar-refractivity contribution < 1.29 is 19.3 Å². The summed E-state index contributed by atoms with van der Waals surface area (Å²) in [5, 5.41) is 10.6. The second kappa shape index (κ2) is 10.1. The maximum atomic E-state index is 9.68. The van der Waals surface area contributed by atoms with Crippen LogP contribution in [0.3, 0.4) is 0 Å². The van der Waals surface area contributed by atoms with E-state index in [4.69, 9.17) is 24.2 Å². The van der Waals surface area contributed by atoms with Gasteiger partial charge in [0.25, 0.3) is 0 Å². The standard InChI is InChI=1S/C24H30N4O4/c1-4-5-11-32-24-26-22-19(23(27-24)28-10-12-31-15-16(28)2)7-8-20(25-22)17-6-9-21(30-3)18(13-17)14-29/h6-9,13,16,29H,4-5,10-12,14-15H2,1-3H3/t16-/m0/s1. The van der Waals surface area contributed by atoms with Gasteiger partial charge in [-0.05, 0) is 43.7 Å². The molecule has 0 radical (unpaired) electrons. The van der Waals surface area contributed by atoms with Gasteiger partial charge in [0, 0.05) is 17.7 Å². The SMILES string of the molecule is CCCCOc1nc(N2CCOC[C@@H]2C)c2ccc(-c3ccc(OC)c(CO)c3)nc2n1. The minimum absolute atomic E-state index is 0.110. The topological polar surface area (TPSA) is 89.8 Å². The largest absolute Gasteiger partial charge is 0.496 e. The Balaban J connectivity index is 1.78. The molecule has 8 nitrogen and oxygen atoms in total. The summed E-state index contributed by atoms with van der Waals surface area (Å²) in [6, 6.07) is 10.2. The number of ether oxygens (including phenoxy) is 3. The number of hydrogen-bond donors (Lipinski definition) is 1. The van der Waals surface area contributed by atoms with Gasteiger partial charge in [-0.25, -0.2) is 4.98 Å². The lowest BCUT2D eigenvalue weighted by Crippen LogP contribution is -2.44. The van der Waals surface area contributed by atoms with E-state index < -0.39 is 0 Å². The van der Waals surface area contributed by atoms with Crippen LogP contribution in [0.2, 0.25) is 0 Å². The first-order chi connectivity index (χ1) is 15.6. The van der Waals surface area contributed by atoms with Crippen LogP contribution in [0.5, 0.6) is 11.8 Å². The van der Waals surface area contributed by atoms with E-state index in [0.717, 1.165) is 41.8 Å². The quantitative estimate of drug-likeness (QED) is 0.534. The number of aliphatic hydroxyl groups excluding tert-OH is 1. The van der Waals surface area contributed by atoms with Crippen molar-refractivity contribution in [3.05, 3.63) is 35.9 Å². The normalized spacial score (nSPS) is 16.4. The van der Waals surface area contributed by atoms with E-state index in [1.807, 2.05) is 30.3 Å². The van der Waals surface area contributed by atoms with Crippen molar-refractivity contribution in [2.75, 3.05) is 38.4 Å². The number of hydrogen-bond acceptors (Lipinski definition) is 8. The molecule has 1 aliphatic rings. The van der Waals surface area contributed by atoms with Crippen LogP contribution < -0.4 is 14.4 Å². The molecule has 3 heterocycles. The summed E-state index contributed by atoms with van der Waals surface area (Å²) in [5.41, 5.74) is 2.93. The molecule has 8 heteroatoms. The van der Waals surface area contributed by atoms with Crippen LogP contribution in [0.15, 0.2) is 30.3 Å². The number of anilines is 1. The molecule has 2 aromatic heterocycles. The van der Waals surface area contributed by atoms with Crippen LogP contribution in [-0.4, -0.2) is 59.6 Å². The highest BCUT2D eigenvalue weighted by atomic mass is 16.5. The lowest BCUT2D eigenvalue weighted by atomic mass is 10.1. The third-order valence-corrected chi connectivity index (χ3v) is 5.63.